The number of halogens is 1. The second kappa shape index (κ2) is 6.54. The van der Waals surface area contributed by atoms with Gasteiger partial charge in [0.1, 0.15) is 10.7 Å². The first-order valence-electron chi connectivity index (χ1n) is 6.60. The quantitative estimate of drug-likeness (QED) is 0.886. The summed E-state index contributed by atoms with van der Waals surface area (Å²) >= 11 is 5.06. The minimum absolute atomic E-state index is 0.0716. The lowest BCUT2D eigenvalue weighted by Crippen LogP contribution is -2.25. The number of hydrogen-bond donors (Lipinski definition) is 1. The van der Waals surface area contributed by atoms with Crippen LogP contribution in [0.3, 0.4) is 0 Å². The van der Waals surface area contributed by atoms with Crippen LogP contribution in [-0.2, 0) is 13.0 Å². The highest BCUT2D eigenvalue weighted by atomic mass is 79.9. The molecule has 6 heteroatoms. The fourth-order valence-corrected chi connectivity index (χ4v) is 3.13. The van der Waals surface area contributed by atoms with Crippen molar-refractivity contribution in [2.75, 3.05) is 0 Å². The first kappa shape index (κ1) is 15.3. The summed E-state index contributed by atoms with van der Waals surface area (Å²) in [5.74, 6) is -0.0716. The average Bonchev–Trinajstić information content (AvgIpc) is 3.02. The van der Waals surface area contributed by atoms with E-state index in [-0.39, 0.29) is 11.9 Å². The maximum Gasteiger partial charge on any atom is 0.268 e. The Labute approximate surface area is 131 Å². The average molecular weight is 356 g/mol. The van der Waals surface area contributed by atoms with Gasteiger partial charge >= 0.3 is 0 Å². The Hall–Kier alpha value is -1.14. The number of nitrogens with zero attached hydrogens (tertiary/aromatic N) is 2. The van der Waals surface area contributed by atoms with Gasteiger partial charge in [-0.25, -0.2) is 4.98 Å². The monoisotopic (exact) mass is 355 g/mol. The molecule has 4 nitrogen and oxygen atoms in total. The Morgan fingerprint density at radius 1 is 1.55 bits per heavy atom. The van der Waals surface area contributed by atoms with Crippen LogP contribution < -0.4 is 5.32 Å². The molecule has 0 aliphatic carbocycles. The number of rotatable bonds is 5. The molecule has 1 N–H and O–H groups in total. The number of aryl methyl sites for hydroxylation is 1. The number of nitrogens with one attached hydrogen (secondary N) is 1. The molecular weight excluding hydrogens is 338 g/mol. The number of aromatic nitrogens is 2. The standard InChI is InChI=1S/C14H18BrN3OS/c1-4-11-6-16-13(20-11)7-17-14(19)12-5-10(15)8-18(12)9(2)3/h5-6,8-9H,4,7H2,1-3H3,(H,17,19). The van der Waals surface area contributed by atoms with E-state index in [0.29, 0.717) is 12.2 Å². The Morgan fingerprint density at radius 2 is 2.30 bits per heavy atom. The molecule has 2 heterocycles. The van der Waals surface area contributed by atoms with Crippen molar-refractivity contribution in [1.29, 1.82) is 0 Å². The molecule has 0 saturated carbocycles. The molecule has 0 saturated heterocycles. The van der Waals surface area contributed by atoms with Crippen LogP contribution in [0.4, 0.5) is 0 Å². The zero-order valence-electron chi connectivity index (χ0n) is 11.8. The summed E-state index contributed by atoms with van der Waals surface area (Å²) in [7, 11) is 0. The highest BCUT2D eigenvalue weighted by Crippen LogP contribution is 2.19. The van der Waals surface area contributed by atoms with Crippen molar-refractivity contribution >= 4 is 33.2 Å². The molecule has 0 spiro atoms. The molecule has 0 atom stereocenters. The normalized spacial score (nSPS) is 11.1. The van der Waals surface area contributed by atoms with Crippen molar-refractivity contribution in [3.8, 4) is 0 Å². The highest BCUT2D eigenvalue weighted by molar-refractivity contribution is 9.10. The van der Waals surface area contributed by atoms with Crippen LogP contribution in [0, 0.1) is 0 Å². The van der Waals surface area contributed by atoms with E-state index in [2.05, 4.69) is 47.0 Å². The van der Waals surface area contributed by atoms with Gasteiger partial charge in [-0.1, -0.05) is 6.92 Å². The van der Waals surface area contributed by atoms with Crippen LogP contribution in [0.25, 0.3) is 0 Å². The van der Waals surface area contributed by atoms with Gasteiger partial charge in [-0.3, -0.25) is 4.79 Å². The summed E-state index contributed by atoms with van der Waals surface area (Å²) in [4.78, 5) is 17.8. The fraction of sp³-hybridized carbons (Fsp3) is 0.429. The Morgan fingerprint density at radius 3 is 2.90 bits per heavy atom. The summed E-state index contributed by atoms with van der Waals surface area (Å²) in [5.41, 5.74) is 0.666. The smallest absolute Gasteiger partial charge is 0.268 e. The summed E-state index contributed by atoms with van der Waals surface area (Å²) in [5, 5.41) is 3.87. The lowest BCUT2D eigenvalue weighted by Gasteiger charge is -2.12. The van der Waals surface area contributed by atoms with Crippen LogP contribution in [-0.4, -0.2) is 15.5 Å². The lowest BCUT2D eigenvalue weighted by atomic mass is 10.3. The van der Waals surface area contributed by atoms with Crippen LogP contribution >= 0.6 is 27.3 Å². The Kier molecular flexibility index (Phi) is 4.99. The Bertz CT molecular complexity index is 603. The van der Waals surface area contributed by atoms with E-state index in [0.717, 1.165) is 15.9 Å². The van der Waals surface area contributed by atoms with Gasteiger partial charge < -0.3 is 9.88 Å². The third-order valence-corrected chi connectivity index (χ3v) is 4.53. The molecule has 1 amide bonds. The van der Waals surface area contributed by atoms with E-state index in [1.165, 1.54) is 4.88 Å². The molecule has 0 aromatic carbocycles. The molecule has 0 unspecified atom stereocenters. The molecule has 0 aliphatic heterocycles. The van der Waals surface area contributed by atoms with Crippen molar-refractivity contribution < 1.29 is 4.79 Å². The van der Waals surface area contributed by atoms with Crippen molar-refractivity contribution in [1.82, 2.24) is 14.9 Å². The van der Waals surface area contributed by atoms with Gasteiger partial charge in [0.05, 0.1) is 6.54 Å². The van der Waals surface area contributed by atoms with Crippen molar-refractivity contribution in [2.45, 2.75) is 39.8 Å². The maximum absolute atomic E-state index is 12.3. The molecule has 0 radical (unpaired) electrons. The van der Waals surface area contributed by atoms with Gasteiger partial charge in [0.2, 0.25) is 0 Å². The molecule has 0 bridgehead atoms. The maximum atomic E-state index is 12.3. The molecule has 0 fully saturated rings. The SMILES string of the molecule is CCc1cnc(CNC(=O)c2cc(Br)cn2C(C)C)s1. The van der Waals surface area contributed by atoms with E-state index in [1.54, 1.807) is 11.3 Å². The van der Waals surface area contributed by atoms with Crippen LogP contribution in [0.5, 0.6) is 0 Å². The lowest BCUT2D eigenvalue weighted by molar-refractivity contribution is 0.0940. The zero-order valence-corrected chi connectivity index (χ0v) is 14.2. The first-order chi connectivity index (χ1) is 9.51. The van der Waals surface area contributed by atoms with Gasteiger partial charge in [0.25, 0.3) is 5.91 Å². The molecule has 2 aromatic rings. The van der Waals surface area contributed by atoms with Crippen LogP contribution in [0.1, 0.15) is 47.2 Å². The first-order valence-corrected chi connectivity index (χ1v) is 8.21. The van der Waals surface area contributed by atoms with Crippen LogP contribution in [0.15, 0.2) is 22.9 Å². The number of carbonyl (C=O) groups is 1. The molecule has 0 aliphatic rings. The second-order valence-electron chi connectivity index (χ2n) is 4.80. The van der Waals surface area contributed by atoms with E-state index in [9.17, 15) is 4.79 Å². The van der Waals surface area contributed by atoms with Crippen molar-refractivity contribution in [3.63, 3.8) is 0 Å². The minimum atomic E-state index is -0.0716. The Balaban J connectivity index is 2.05. The molecule has 20 heavy (non-hydrogen) atoms. The third-order valence-electron chi connectivity index (χ3n) is 2.95. The number of amides is 1. The van der Waals surface area contributed by atoms with E-state index in [1.807, 2.05) is 23.0 Å². The zero-order chi connectivity index (χ0) is 14.7. The summed E-state index contributed by atoms with van der Waals surface area (Å²) in [6.45, 7) is 6.68. The fourth-order valence-electron chi connectivity index (χ4n) is 1.89. The van der Waals surface area contributed by atoms with Gasteiger partial charge in [0, 0.05) is 27.8 Å². The number of carbonyl (C=O) groups excluding carboxylic acids is 1. The highest BCUT2D eigenvalue weighted by Gasteiger charge is 2.15. The predicted octanol–water partition coefficient (Wildman–Crippen LogP) is 3.78. The van der Waals surface area contributed by atoms with Gasteiger partial charge in [-0.2, -0.15) is 0 Å². The molecule has 2 aromatic heterocycles. The van der Waals surface area contributed by atoms with Gasteiger partial charge in [0.15, 0.2) is 0 Å². The molecule has 108 valence electrons. The molecular formula is C14H18BrN3OS. The summed E-state index contributed by atoms with van der Waals surface area (Å²) in [6.07, 6.45) is 4.78. The largest absolute Gasteiger partial charge is 0.344 e. The topological polar surface area (TPSA) is 46.9 Å². The molecule has 2 rings (SSSR count). The van der Waals surface area contributed by atoms with Crippen molar-refractivity contribution in [2.24, 2.45) is 0 Å². The second-order valence-corrected chi connectivity index (χ2v) is 6.92. The minimum Gasteiger partial charge on any atom is -0.344 e. The summed E-state index contributed by atoms with van der Waals surface area (Å²) in [6, 6.07) is 2.09. The number of hydrogen-bond acceptors (Lipinski definition) is 3. The van der Waals surface area contributed by atoms with Crippen LogP contribution in [0.2, 0.25) is 0 Å². The van der Waals surface area contributed by atoms with E-state index < -0.39 is 0 Å². The van der Waals surface area contributed by atoms with E-state index >= 15 is 0 Å². The number of thiazole rings is 1. The van der Waals surface area contributed by atoms with Crippen molar-refractivity contribution in [3.05, 3.63) is 38.5 Å². The van der Waals surface area contributed by atoms with E-state index in [4.69, 9.17) is 0 Å². The van der Waals surface area contributed by atoms with Gasteiger partial charge in [-0.05, 0) is 42.3 Å². The predicted molar refractivity (Wildman–Crippen MR) is 85.2 cm³/mol. The van der Waals surface area contributed by atoms with Gasteiger partial charge in [-0.15, -0.1) is 11.3 Å². The third kappa shape index (κ3) is 3.49. The summed E-state index contributed by atoms with van der Waals surface area (Å²) < 4.78 is 2.87.